The summed E-state index contributed by atoms with van der Waals surface area (Å²) in [5.74, 6) is -0.314. The number of carbonyl (C=O) groups is 1. The molecule has 0 saturated carbocycles. The Morgan fingerprint density at radius 2 is 1.82 bits per heavy atom. The molecule has 0 radical (unpaired) electrons. The summed E-state index contributed by atoms with van der Waals surface area (Å²) in [5.41, 5.74) is 0.904. The van der Waals surface area contributed by atoms with Gasteiger partial charge in [0, 0.05) is 55.4 Å². The van der Waals surface area contributed by atoms with Gasteiger partial charge in [-0.15, -0.1) is 0 Å². The lowest BCUT2D eigenvalue weighted by Gasteiger charge is -2.39. The van der Waals surface area contributed by atoms with Gasteiger partial charge in [0.1, 0.15) is 11.1 Å². The number of anilines is 1. The number of piperidine rings is 1. The molecule has 1 fully saturated rings. The van der Waals surface area contributed by atoms with Gasteiger partial charge in [0.25, 0.3) is 14.4 Å². The van der Waals surface area contributed by atoms with E-state index < -0.39 is 14.2 Å². The first-order valence-electron chi connectivity index (χ1n) is 13.6. The van der Waals surface area contributed by atoms with E-state index in [9.17, 15) is 9.59 Å². The molecule has 1 unspecified atom stereocenters. The molecule has 1 amide bonds. The summed E-state index contributed by atoms with van der Waals surface area (Å²) >= 11 is 0. The molecule has 10 heteroatoms. The van der Waals surface area contributed by atoms with Crippen LogP contribution in [-0.4, -0.2) is 66.5 Å². The molecule has 208 valence electrons. The Hall–Kier alpha value is -2.50. The van der Waals surface area contributed by atoms with Gasteiger partial charge in [0.05, 0.1) is 25.2 Å². The SMILES string of the molecule is CCN(CC)c1ccc2cc(C(=O)N3CCC(OP(OCCC#N)N(C(C)C)C(C)C)CC3)c(=O)oc2c1. The first-order valence-corrected chi connectivity index (χ1v) is 14.7. The predicted molar refractivity (Wildman–Crippen MR) is 151 cm³/mol. The summed E-state index contributed by atoms with van der Waals surface area (Å²) in [6, 6.07) is 9.94. The molecule has 1 aliphatic heterocycles. The number of hydrogen-bond acceptors (Lipinski definition) is 8. The Morgan fingerprint density at radius 3 is 2.39 bits per heavy atom. The van der Waals surface area contributed by atoms with Gasteiger partial charge >= 0.3 is 5.63 Å². The zero-order valence-corrected chi connectivity index (χ0v) is 24.4. The molecule has 2 heterocycles. The second kappa shape index (κ2) is 14.0. The molecule has 0 bridgehead atoms. The third kappa shape index (κ3) is 7.33. The van der Waals surface area contributed by atoms with Gasteiger partial charge in [-0.3, -0.25) is 4.79 Å². The Morgan fingerprint density at radius 1 is 1.16 bits per heavy atom. The minimum atomic E-state index is -1.34. The third-order valence-corrected chi connectivity index (χ3v) is 8.89. The fraction of sp³-hybridized carbons (Fsp3) is 0.607. The number of amides is 1. The van der Waals surface area contributed by atoms with Crippen LogP contribution in [0.5, 0.6) is 0 Å². The molecule has 38 heavy (non-hydrogen) atoms. The van der Waals surface area contributed by atoms with Crippen LogP contribution in [0.4, 0.5) is 5.69 Å². The summed E-state index contributed by atoms with van der Waals surface area (Å²) in [6.07, 6.45) is 1.52. The lowest BCUT2D eigenvalue weighted by molar-refractivity contribution is 0.0540. The first kappa shape index (κ1) is 30.0. The summed E-state index contributed by atoms with van der Waals surface area (Å²) in [6.45, 7) is 15.6. The van der Waals surface area contributed by atoms with Crippen LogP contribution < -0.4 is 10.5 Å². The number of hydrogen-bond donors (Lipinski definition) is 0. The molecule has 0 N–H and O–H groups in total. The van der Waals surface area contributed by atoms with Crippen LogP contribution in [0.1, 0.15) is 71.2 Å². The first-order chi connectivity index (χ1) is 18.2. The van der Waals surface area contributed by atoms with Gasteiger partial charge in [-0.2, -0.15) is 5.26 Å². The molecule has 9 nitrogen and oxygen atoms in total. The maximum Gasteiger partial charge on any atom is 0.349 e. The second-order valence-corrected chi connectivity index (χ2v) is 11.4. The van der Waals surface area contributed by atoms with E-state index in [4.69, 9.17) is 18.7 Å². The third-order valence-electron chi connectivity index (χ3n) is 6.71. The van der Waals surface area contributed by atoms with Crippen LogP contribution in [0, 0.1) is 11.3 Å². The van der Waals surface area contributed by atoms with E-state index in [1.807, 2.05) is 18.2 Å². The van der Waals surface area contributed by atoms with Crippen molar-refractivity contribution in [2.45, 2.75) is 79.0 Å². The van der Waals surface area contributed by atoms with Crippen molar-refractivity contribution >= 4 is 31.1 Å². The van der Waals surface area contributed by atoms with Crippen molar-refractivity contribution < 1.29 is 18.3 Å². The number of likely N-dealkylation sites (tertiary alicyclic amines) is 1. The highest BCUT2D eigenvalue weighted by Gasteiger charge is 2.33. The van der Waals surface area contributed by atoms with E-state index in [0.717, 1.165) is 24.2 Å². The van der Waals surface area contributed by atoms with E-state index >= 15 is 0 Å². The van der Waals surface area contributed by atoms with Crippen LogP contribution in [0.15, 0.2) is 33.5 Å². The number of carbonyl (C=O) groups excluding carboxylic acids is 1. The van der Waals surface area contributed by atoms with Crippen molar-refractivity contribution in [3.05, 3.63) is 40.2 Å². The molecule has 0 spiro atoms. The highest BCUT2D eigenvalue weighted by atomic mass is 31.2. The van der Waals surface area contributed by atoms with Gasteiger partial charge in [0.2, 0.25) is 0 Å². The quantitative estimate of drug-likeness (QED) is 0.195. The van der Waals surface area contributed by atoms with Crippen LogP contribution in [0.25, 0.3) is 11.0 Å². The molecule has 1 atom stereocenters. The second-order valence-electron chi connectivity index (χ2n) is 9.99. The number of benzene rings is 1. The van der Waals surface area contributed by atoms with Crippen molar-refractivity contribution in [2.75, 3.05) is 37.7 Å². The Kier molecular flexibility index (Phi) is 11.1. The highest BCUT2D eigenvalue weighted by Crippen LogP contribution is 2.48. The summed E-state index contributed by atoms with van der Waals surface area (Å²) < 4.78 is 20.2. The molecular weight excluding hydrogens is 503 g/mol. The normalized spacial score (nSPS) is 15.4. The van der Waals surface area contributed by atoms with Crippen molar-refractivity contribution in [2.24, 2.45) is 0 Å². The lowest BCUT2D eigenvalue weighted by atomic mass is 10.1. The van der Waals surface area contributed by atoms with E-state index in [1.165, 1.54) is 0 Å². The van der Waals surface area contributed by atoms with Crippen molar-refractivity contribution in [3.8, 4) is 6.07 Å². The summed E-state index contributed by atoms with van der Waals surface area (Å²) in [7, 11) is -1.34. The van der Waals surface area contributed by atoms with E-state index in [0.29, 0.717) is 44.5 Å². The summed E-state index contributed by atoms with van der Waals surface area (Å²) in [5, 5.41) is 9.65. The van der Waals surface area contributed by atoms with E-state index in [1.54, 1.807) is 11.0 Å². The minimum absolute atomic E-state index is 0.0559. The largest absolute Gasteiger partial charge is 0.422 e. The zero-order chi connectivity index (χ0) is 27.8. The molecule has 1 aromatic carbocycles. The van der Waals surface area contributed by atoms with Gasteiger partial charge in [-0.05, 0) is 72.6 Å². The lowest BCUT2D eigenvalue weighted by Crippen LogP contribution is -2.42. The fourth-order valence-electron chi connectivity index (χ4n) is 4.79. The van der Waals surface area contributed by atoms with Crippen molar-refractivity contribution in [3.63, 3.8) is 0 Å². The van der Waals surface area contributed by atoms with Crippen LogP contribution in [-0.2, 0) is 9.05 Å². The maximum absolute atomic E-state index is 13.3. The van der Waals surface area contributed by atoms with E-state index in [2.05, 4.69) is 57.2 Å². The Labute approximate surface area is 227 Å². The number of nitriles is 1. The number of fused-ring (bicyclic) bond motifs is 1. The smallest absolute Gasteiger partial charge is 0.349 e. The van der Waals surface area contributed by atoms with Crippen LogP contribution in [0.2, 0.25) is 0 Å². The predicted octanol–water partition coefficient (Wildman–Crippen LogP) is 5.54. The van der Waals surface area contributed by atoms with Gasteiger partial charge in [-0.25, -0.2) is 9.46 Å². The molecule has 3 rings (SSSR count). The molecule has 0 aliphatic carbocycles. The Balaban J connectivity index is 1.68. The van der Waals surface area contributed by atoms with Gasteiger partial charge in [-0.1, -0.05) is 0 Å². The molecule has 1 saturated heterocycles. The highest BCUT2D eigenvalue weighted by molar-refractivity contribution is 7.44. The minimum Gasteiger partial charge on any atom is -0.422 e. The standard InChI is InChI=1S/C28H41N4O5P/c1-7-30(8-2)23-11-10-22-18-25(28(34)36-26(22)19-23)27(33)31-15-12-24(13-16-31)37-38(35-17-9-14-29)32(20(3)4)21(5)6/h10-11,18-21,24H,7-9,12-13,15-17H2,1-6H3. The van der Waals surface area contributed by atoms with E-state index in [-0.39, 0.29) is 29.7 Å². The van der Waals surface area contributed by atoms with Crippen LogP contribution >= 0.6 is 8.53 Å². The summed E-state index contributed by atoms with van der Waals surface area (Å²) in [4.78, 5) is 29.9. The number of rotatable bonds is 12. The van der Waals surface area contributed by atoms with Gasteiger partial charge in [0.15, 0.2) is 0 Å². The monoisotopic (exact) mass is 544 g/mol. The van der Waals surface area contributed by atoms with Crippen molar-refractivity contribution in [1.82, 2.24) is 9.57 Å². The average molecular weight is 545 g/mol. The topological polar surface area (TPSA) is 99.3 Å². The average Bonchev–Trinajstić information content (AvgIpc) is 2.88. The van der Waals surface area contributed by atoms with Crippen LogP contribution in [0.3, 0.4) is 0 Å². The Bertz CT molecular complexity index is 1160. The van der Waals surface area contributed by atoms with Gasteiger partial charge < -0.3 is 23.3 Å². The number of nitrogens with zero attached hydrogens (tertiary/aromatic N) is 4. The van der Waals surface area contributed by atoms with Crippen molar-refractivity contribution in [1.29, 1.82) is 5.26 Å². The zero-order valence-electron chi connectivity index (χ0n) is 23.5. The molecular formula is C28H41N4O5P. The molecule has 1 aromatic heterocycles. The maximum atomic E-state index is 13.3. The fourth-order valence-corrected chi connectivity index (χ4v) is 6.56. The molecule has 1 aliphatic rings. The molecule has 2 aromatic rings.